The largest absolute Gasteiger partial charge is 0.466 e. The number of benzene rings is 1. The lowest BCUT2D eigenvalue weighted by Gasteiger charge is -2.21. The standard InChI is InChI=1S/C17H24O4/c1-5-12-20-15(18)10-11-16(19)21-14-9-7-6-8-13(14)17(2,3)4/h6-9H,5,10-12H2,1-4H3. The van der Waals surface area contributed by atoms with Crippen molar-refractivity contribution >= 4 is 11.9 Å². The molecule has 0 atom stereocenters. The smallest absolute Gasteiger partial charge is 0.311 e. The third-order valence-electron chi connectivity index (χ3n) is 2.92. The summed E-state index contributed by atoms with van der Waals surface area (Å²) in [5.41, 5.74) is 0.851. The lowest BCUT2D eigenvalue weighted by molar-refractivity contribution is -0.147. The number of esters is 2. The monoisotopic (exact) mass is 292 g/mol. The maximum absolute atomic E-state index is 11.8. The summed E-state index contributed by atoms with van der Waals surface area (Å²) in [6.07, 6.45) is 0.854. The summed E-state index contributed by atoms with van der Waals surface area (Å²) < 4.78 is 10.3. The minimum Gasteiger partial charge on any atom is -0.466 e. The van der Waals surface area contributed by atoms with E-state index in [9.17, 15) is 9.59 Å². The van der Waals surface area contributed by atoms with Crippen molar-refractivity contribution in [1.29, 1.82) is 0 Å². The van der Waals surface area contributed by atoms with Crippen LogP contribution in [-0.2, 0) is 19.7 Å². The SMILES string of the molecule is CCCOC(=O)CCC(=O)Oc1ccccc1C(C)(C)C. The highest BCUT2D eigenvalue weighted by molar-refractivity contribution is 5.79. The molecule has 0 N–H and O–H groups in total. The summed E-state index contributed by atoms with van der Waals surface area (Å²) in [6.45, 7) is 8.48. The molecular weight excluding hydrogens is 268 g/mol. The number of hydrogen-bond donors (Lipinski definition) is 0. The first-order valence-corrected chi connectivity index (χ1v) is 7.30. The van der Waals surface area contributed by atoms with Crippen molar-refractivity contribution in [3.8, 4) is 5.75 Å². The van der Waals surface area contributed by atoms with Crippen LogP contribution in [0.2, 0.25) is 0 Å². The van der Waals surface area contributed by atoms with Gasteiger partial charge in [0.05, 0.1) is 19.4 Å². The Morgan fingerprint density at radius 1 is 1.05 bits per heavy atom. The number of rotatable bonds is 6. The van der Waals surface area contributed by atoms with E-state index in [1.807, 2.05) is 25.1 Å². The van der Waals surface area contributed by atoms with Crippen LogP contribution < -0.4 is 4.74 Å². The molecule has 1 aromatic carbocycles. The molecule has 0 saturated heterocycles. The third-order valence-corrected chi connectivity index (χ3v) is 2.92. The Bertz CT molecular complexity index is 486. The molecule has 21 heavy (non-hydrogen) atoms. The van der Waals surface area contributed by atoms with Gasteiger partial charge in [-0.2, -0.15) is 0 Å². The summed E-state index contributed by atoms with van der Waals surface area (Å²) in [5, 5.41) is 0. The van der Waals surface area contributed by atoms with Crippen LogP contribution in [-0.4, -0.2) is 18.5 Å². The Morgan fingerprint density at radius 2 is 1.67 bits per heavy atom. The first-order chi connectivity index (χ1) is 9.84. The Morgan fingerprint density at radius 3 is 2.29 bits per heavy atom. The molecule has 0 amide bonds. The minimum absolute atomic E-state index is 0.0288. The first-order valence-electron chi connectivity index (χ1n) is 7.30. The van der Waals surface area contributed by atoms with Gasteiger partial charge in [-0.15, -0.1) is 0 Å². The maximum atomic E-state index is 11.8. The molecule has 0 radical (unpaired) electrons. The average Bonchev–Trinajstić information content (AvgIpc) is 2.42. The molecule has 0 saturated carbocycles. The normalized spacial score (nSPS) is 11.0. The molecule has 0 aliphatic carbocycles. The van der Waals surface area contributed by atoms with Crippen LogP contribution in [0.15, 0.2) is 24.3 Å². The average molecular weight is 292 g/mol. The Kier molecular flexibility index (Phi) is 6.40. The van der Waals surface area contributed by atoms with Gasteiger partial charge in [0.25, 0.3) is 0 Å². The molecule has 0 fully saturated rings. The number of ether oxygens (including phenoxy) is 2. The van der Waals surface area contributed by atoms with E-state index < -0.39 is 5.97 Å². The fourth-order valence-corrected chi connectivity index (χ4v) is 1.84. The van der Waals surface area contributed by atoms with Gasteiger partial charge in [0.2, 0.25) is 0 Å². The van der Waals surface area contributed by atoms with Gasteiger partial charge >= 0.3 is 11.9 Å². The molecule has 0 bridgehead atoms. The quantitative estimate of drug-likeness (QED) is 0.593. The van der Waals surface area contributed by atoms with E-state index in [4.69, 9.17) is 9.47 Å². The lowest BCUT2D eigenvalue weighted by Crippen LogP contribution is -2.17. The van der Waals surface area contributed by atoms with Gasteiger partial charge < -0.3 is 9.47 Å². The molecule has 0 unspecified atom stereocenters. The van der Waals surface area contributed by atoms with Crippen LogP contribution in [0.5, 0.6) is 5.75 Å². The van der Waals surface area contributed by atoms with Crippen LogP contribution in [0.1, 0.15) is 52.5 Å². The van der Waals surface area contributed by atoms with Crippen LogP contribution in [0.25, 0.3) is 0 Å². The van der Waals surface area contributed by atoms with Crippen molar-refractivity contribution in [3.63, 3.8) is 0 Å². The minimum atomic E-state index is -0.417. The fourth-order valence-electron chi connectivity index (χ4n) is 1.84. The van der Waals surface area contributed by atoms with E-state index in [2.05, 4.69) is 20.8 Å². The van der Waals surface area contributed by atoms with Gasteiger partial charge in [0.15, 0.2) is 0 Å². The summed E-state index contributed by atoms with van der Waals surface area (Å²) in [5.74, 6) is -0.227. The predicted molar refractivity (Wildman–Crippen MR) is 81.3 cm³/mol. The van der Waals surface area contributed by atoms with Crippen LogP contribution in [0.3, 0.4) is 0 Å². The maximum Gasteiger partial charge on any atom is 0.311 e. The van der Waals surface area contributed by atoms with Crippen molar-refractivity contribution < 1.29 is 19.1 Å². The van der Waals surface area contributed by atoms with E-state index in [-0.39, 0.29) is 24.2 Å². The fraction of sp³-hybridized carbons (Fsp3) is 0.529. The van der Waals surface area contributed by atoms with Gasteiger partial charge in [-0.1, -0.05) is 45.9 Å². The second kappa shape index (κ2) is 7.81. The van der Waals surface area contributed by atoms with E-state index in [0.717, 1.165) is 12.0 Å². The van der Waals surface area contributed by atoms with Crippen molar-refractivity contribution in [2.45, 2.75) is 52.4 Å². The highest BCUT2D eigenvalue weighted by atomic mass is 16.5. The van der Waals surface area contributed by atoms with Gasteiger partial charge in [-0.3, -0.25) is 9.59 Å². The highest BCUT2D eigenvalue weighted by Gasteiger charge is 2.20. The molecule has 4 heteroatoms. The van der Waals surface area contributed by atoms with Crippen LogP contribution >= 0.6 is 0 Å². The van der Waals surface area contributed by atoms with E-state index in [1.165, 1.54) is 0 Å². The molecule has 0 spiro atoms. The third kappa shape index (κ3) is 5.98. The number of para-hydroxylation sites is 1. The molecule has 0 aromatic heterocycles. The number of hydrogen-bond acceptors (Lipinski definition) is 4. The van der Waals surface area contributed by atoms with Crippen molar-refractivity contribution in [2.24, 2.45) is 0 Å². The zero-order valence-corrected chi connectivity index (χ0v) is 13.3. The van der Waals surface area contributed by atoms with E-state index >= 15 is 0 Å². The molecular formula is C17H24O4. The number of carbonyl (C=O) groups is 2. The second-order valence-corrected chi connectivity index (χ2v) is 5.94. The van der Waals surface area contributed by atoms with E-state index in [0.29, 0.717) is 12.4 Å². The van der Waals surface area contributed by atoms with E-state index in [1.54, 1.807) is 6.07 Å². The van der Waals surface area contributed by atoms with Gasteiger partial charge in [0.1, 0.15) is 5.75 Å². The zero-order valence-electron chi connectivity index (χ0n) is 13.3. The zero-order chi connectivity index (χ0) is 15.9. The molecule has 0 heterocycles. The molecule has 1 aromatic rings. The molecule has 4 nitrogen and oxygen atoms in total. The summed E-state index contributed by atoms with van der Waals surface area (Å²) in [7, 11) is 0. The Hall–Kier alpha value is -1.84. The van der Waals surface area contributed by atoms with Gasteiger partial charge in [0, 0.05) is 5.56 Å². The molecule has 116 valence electrons. The van der Waals surface area contributed by atoms with Crippen LogP contribution in [0, 0.1) is 0 Å². The first kappa shape index (κ1) is 17.2. The second-order valence-electron chi connectivity index (χ2n) is 5.94. The van der Waals surface area contributed by atoms with Crippen LogP contribution in [0.4, 0.5) is 0 Å². The summed E-state index contributed by atoms with van der Waals surface area (Å²) in [6, 6.07) is 7.46. The topological polar surface area (TPSA) is 52.6 Å². The van der Waals surface area contributed by atoms with Crippen molar-refractivity contribution in [3.05, 3.63) is 29.8 Å². The van der Waals surface area contributed by atoms with Crippen molar-refractivity contribution in [1.82, 2.24) is 0 Å². The Balaban J connectivity index is 2.58. The molecule has 1 rings (SSSR count). The summed E-state index contributed by atoms with van der Waals surface area (Å²) in [4.78, 5) is 23.2. The molecule has 0 aliphatic rings. The van der Waals surface area contributed by atoms with Gasteiger partial charge in [-0.25, -0.2) is 0 Å². The Labute approximate surface area is 126 Å². The lowest BCUT2D eigenvalue weighted by atomic mass is 9.86. The number of carbonyl (C=O) groups excluding carboxylic acids is 2. The highest BCUT2D eigenvalue weighted by Crippen LogP contribution is 2.31. The molecule has 0 aliphatic heterocycles. The predicted octanol–water partition coefficient (Wildman–Crippen LogP) is 3.62. The summed E-state index contributed by atoms with van der Waals surface area (Å²) >= 11 is 0. The van der Waals surface area contributed by atoms with Gasteiger partial charge in [-0.05, 0) is 17.9 Å². The van der Waals surface area contributed by atoms with Crippen molar-refractivity contribution in [2.75, 3.05) is 6.61 Å².